The molecule has 0 radical (unpaired) electrons. The SMILES string of the molecule is CCCCOCC(O)CN(C)CCOC. The van der Waals surface area contributed by atoms with Crippen LogP contribution in [0.1, 0.15) is 19.8 Å². The molecule has 0 spiro atoms. The lowest BCUT2D eigenvalue weighted by molar-refractivity contribution is 0.0167. The number of nitrogens with zero attached hydrogens (tertiary/aromatic N) is 1. The minimum absolute atomic E-state index is 0.399. The predicted molar refractivity (Wildman–Crippen MR) is 61.1 cm³/mol. The number of aliphatic hydroxyl groups is 1. The largest absolute Gasteiger partial charge is 0.389 e. The molecule has 1 unspecified atom stereocenters. The molecular formula is C11H25NO3. The van der Waals surface area contributed by atoms with E-state index in [1.807, 2.05) is 11.9 Å². The molecule has 1 N–H and O–H groups in total. The van der Waals surface area contributed by atoms with E-state index >= 15 is 0 Å². The molecule has 0 saturated carbocycles. The van der Waals surface area contributed by atoms with E-state index in [-0.39, 0.29) is 0 Å². The van der Waals surface area contributed by atoms with Crippen molar-refractivity contribution in [1.29, 1.82) is 0 Å². The van der Waals surface area contributed by atoms with Crippen LogP contribution in [0.15, 0.2) is 0 Å². The fourth-order valence-corrected chi connectivity index (χ4v) is 1.22. The van der Waals surface area contributed by atoms with Gasteiger partial charge in [-0.05, 0) is 13.5 Å². The zero-order valence-corrected chi connectivity index (χ0v) is 10.2. The molecule has 4 nitrogen and oxygen atoms in total. The van der Waals surface area contributed by atoms with Gasteiger partial charge in [0, 0.05) is 26.8 Å². The zero-order chi connectivity index (χ0) is 11.5. The Morgan fingerprint density at radius 2 is 2.07 bits per heavy atom. The topological polar surface area (TPSA) is 41.9 Å². The minimum atomic E-state index is -0.399. The predicted octanol–water partition coefficient (Wildman–Crippen LogP) is 0.742. The van der Waals surface area contributed by atoms with E-state index in [0.29, 0.717) is 19.8 Å². The van der Waals surface area contributed by atoms with Crippen molar-refractivity contribution < 1.29 is 14.6 Å². The average Bonchev–Trinajstić information content (AvgIpc) is 2.21. The molecular weight excluding hydrogens is 194 g/mol. The van der Waals surface area contributed by atoms with E-state index < -0.39 is 6.10 Å². The Morgan fingerprint density at radius 1 is 1.33 bits per heavy atom. The summed E-state index contributed by atoms with van der Waals surface area (Å²) in [6, 6.07) is 0. The number of aliphatic hydroxyl groups excluding tert-OH is 1. The molecule has 1 atom stereocenters. The summed E-state index contributed by atoms with van der Waals surface area (Å²) in [5.74, 6) is 0. The van der Waals surface area contributed by atoms with Crippen molar-refractivity contribution in [3.05, 3.63) is 0 Å². The number of hydrogen-bond acceptors (Lipinski definition) is 4. The molecule has 15 heavy (non-hydrogen) atoms. The first-order chi connectivity index (χ1) is 7.20. The first-order valence-electron chi connectivity index (χ1n) is 5.64. The third-order valence-corrected chi connectivity index (χ3v) is 2.15. The fraction of sp³-hybridized carbons (Fsp3) is 1.00. The summed E-state index contributed by atoms with van der Waals surface area (Å²) in [5.41, 5.74) is 0. The van der Waals surface area contributed by atoms with E-state index in [9.17, 15) is 5.11 Å². The molecule has 92 valence electrons. The van der Waals surface area contributed by atoms with Gasteiger partial charge in [0.1, 0.15) is 0 Å². The van der Waals surface area contributed by atoms with Gasteiger partial charge in [0.15, 0.2) is 0 Å². The number of ether oxygens (including phenoxy) is 2. The van der Waals surface area contributed by atoms with Crippen LogP contribution in [0.5, 0.6) is 0 Å². The van der Waals surface area contributed by atoms with Gasteiger partial charge < -0.3 is 19.5 Å². The number of methoxy groups -OCH3 is 1. The quantitative estimate of drug-likeness (QED) is 0.550. The summed E-state index contributed by atoms with van der Waals surface area (Å²) < 4.78 is 10.3. The molecule has 0 aliphatic rings. The van der Waals surface area contributed by atoms with Crippen LogP contribution in [-0.2, 0) is 9.47 Å². The molecule has 0 aliphatic heterocycles. The number of hydrogen-bond donors (Lipinski definition) is 1. The lowest BCUT2D eigenvalue weighted by Crippen LogP contribution is -2.34. The highest BCUT2D eigenvalue weighted by molar-refractivity contribution is 4.60. The van der Waals surface area contributed by atoms with Gasteiger partial charge in [0.25, 0.3) is 0 Å². The van der Waals surface area contributed by atoms with Crippen molar-refractivity contribution in [3.63, 3.8) is 0 Å². The summed E-state index contributed by atoms with van der Waals surface area (Å²) >= 11 is 0. The Morgan fingerprint density at radius 3 is 2.67 bits per heavy atom. The average molecular weight is 219 g/mol. The Hall–Kier alpha value is -0.160. The van der Waals surface area contributed by atoms with Crippen molar-refractivity contribution >= 4 is 0 Å². The maximum Gasteiger partial charge on any atom is 0.0900 e. The number of likely N-dealkylation sites (N-methyl/N-ethyl adjacent to an activating group) is 1. The Balaban J connectivity index is 3.33. The van der Waals surface area contributed by atoms with E-state index in [4.69, 9.17) is 9.47 Å². The third kappa shape index (κ3) is 10.1. The van der Waals surface area contributed by atoms with E-state index in [0.717, 1.165) is 26.0 Å². The monoisotopic (exact) mass is 219 g/mol. The van der Waals surface area contributed by atoms with Crippen LogP contribution in [0.2, 0.25) is 0 Å². The van der Waals surface area contributed by atoms with E-state index in [1.54, 1.807) is 7.11 Å². The highest BCUT2D eigenvalue weighted by Crippen LogP contribution is 1.93. The molecule has 4 heteroatoms. The Kier molecular flexibility index (Phi) is 10.3. The molecule has 0 aliphatic carbocycles. The van der Waals surface area contributed by atoms with Gasteiger partial charge in [0.2, 0.25) is 0 Å². The number of unbranched alkanes of at least 4 members (excludes halogenated alkanes) is 1. The zero-order valence-electron chi connectivity index (χ0n) is 10.2. The summed E-state index contributed by atoms with van der Waals surface area (Å²) in [4.78, 5) is 2.04. The minimum Gasteiger partial charge on any atom is -0.389 e. The van der Waals surface area contributed by atoms with Crippen LogP contribution < -0.4 is 0 Å². The second-order valence-corrected chi connectivity index (χ2v) is 3.84. The van der Waals surface area contributed by atoms with Gasteiger partial charge in [-0.25, -0.2) is 0 Å². The van der Waals surface area contributed by atoms with E-state index in [1.165, 1.54) is 0 Å². The third-order valence-electron chi connectivity index (χ3n) is 2.15. The lowest BCUT2D eigenvalue weighted by Gasteiger charge is -2.20. The van der Waals surface area contributed by atoms with Crippen molar-refractivity contribution in [3.8, 4) is 0 Å². The van der Waals surface area contributed by atoms with Gasteiger partial charge in [-0.3, -0.25) is 0 Å². The van der Waals surface area contributed by atoms with Crippen LogP contribution in [-0.4, -0.2) is 63.2 Å². The molecule has 0 rings (SSSR count). The van der Waals surface area contributed by atoms with E-state index in [2.05, 4.69) is 6.92 Å². The fourth-order valence-electron chi connectivity index (χ4n) is 1.22. The van der Waals surface area contributed by atoms with Gasteiger partial charge in [-0.15, -0.1) is 0 Å². The molecule has 0 aromatic heterocycles. The maximum absolute atomic E-state index is 9.61. The van der Waals surface area contributed by atoms with Crippen molar-refractivity contribution in [2.45, 2.75) is 25.9 Å². The summed E-state index contributed by atoms with van der Waals surface area (Å²) in [5, 5.41) is 9.61. The molecule has 0 aromatic carbocycles. The van der Waals surface area contributed by atoms with Crippen LogP contribution in [0, 0.1) is 0 Å². The maximum atomic E-state index is 9.61. The highest BCUT2D eigenvalue weighted by atomic mass is 16.5. The Bertz CT molecular complexity index is 133. The summed E-state index contributed by atoms with van der Waals surface area (Å²) in [6.45, 7) is 5.46. The van der Waals surface area contributed by atoms with Gasteiger partial charge in [-0.2, -0.15) is 0 Å². The summed E-state index contributed by atoms with van der Waals surface area (Å²) in [7, 11) is 3.65. The van der Waals surface area contributed by atoms with Crippen LogP contribution in [0.3, 0.4) is 0 Å². The lowest BCUT2D eigenvalue weighted by atomic mass is 10.3. The number of rotatable bonds is 10. The molecule has 0 heterocycles. The normalized spacial score (nSPS) is 13.4. The van der Waals surface area contributed by atoms with Gasteiger partial charge in [0.05, 0.1) is 19.3 Å². The smallest absolute Gasteiger partial charge is 0.0900 e. The first kappa shape index (κ1) is 14.8. The van der Waals surface area contributed by atoms with Crippen molar-refractivity contribution in [2.24, 2.45) is 0 Å². The Labute approximate surface area is 93.2 Å². The van der Waals surface area contributed by atoms with Crippen LogP contribution in [0.25, 0.3) is 0 Å². The highest BCUT2D eigenvalue weighted by Gasteiger charge is 2.07. The van der Waals surface area contributed by atoms with Crippen molar-refractivity contribution in [1.82, 2.24) is 4.90 Å². The second kappa shape index (κ2) is 10.4. The van der Waals surface area contributed by atoms with Gasteiger partial charge >= 0.3 is 0 Å². The molecule has 0 saturated heterocycles. The van der Waals surface area contributed by atoms with Crippen LogP contribution in [0.4, 0.5) is 0 Å². The van der Waals surface area contributed by atoms with Crippen LogP contribution >= 0.6 is 0 Å². The molecule has 0 aromatic rings. The molecule has 0 bridgehead atoms. The summed E-state index contributed by atoms with van der Waals surface area (Å²) in [6.07, 6.45) is 1.79. The standard InChI is InChI=1S/C11H25NO3/c1-4-5-7-15-10-11(13)9-12(2)6-8-14-3/h11,13H,4-10H2,1-3H3. The molecule has 0 fully saturated rings. The second-order valence-electron chi connectivity index (χ2n) is 3.84. The first-order valence-corrected chi connectivity index (χ1v) is 5.64. The van der Waals surface area contributed by atoms with Crippen molar-refractivity contribution in [2.75, 3.05) is 47.1 Å². The van der Waals surface area contributed by atoms with Gasteiger partial charge in [-0.1, -0.05) is 13.3 Å². The molecule has 0 amide bonds.